The third-order valence-corrected chi connectivity index (χ3v) is 3.08. The maximum atomic E-state index is 12.1. The number of hydrogen-bond donors (Lipinski definition) is 2. The van der Waals surface area contributed by atoms with Crippen LogP contribution in [0, 0.1) is 0 Å². The van der Waals surface area contributed by atoms with Gasteiger partial charge in [-0.2, -0.15) is 0 Å². The molecule has 0 radical (unpaired) electrons. The molecule has 1 aromatic carbocycles. The number of carbonyl (C=O) groups is 1. The average molecular weight is 278 g/mol. The summed E-state index contributed by atoms with van der Waals surface area (Å²) in [5.74, 6) is -0.0178. The first-order chi connectivity index (χ1) is 9.79. The fraction of sp³-hybridized carbons (Fsp3) is 0.562. The highest BCUT2D eigenvalue weighted by molar-refractivity contribution is 5.95. The standard InChI is InChI=1S/C16H26N2O2/c1-3-4-12-20-13-11-18-16(19)15-8-6-5-7-14(15)9-10-17-2/h5-8,17H,3-4,9-13H2,1-2H3,(H,18,19). The number of hydrogen-bond acceptors (Lipinski definition) is 3. The minimum Gasteiger partial charge on any atom is -0.380 e. The SMILES string of the molecule is CCCCOCCNC(=O)c1ccccc1CCNC. The normalized spacial score (nSPS) is 10.5. The Hall–Kier alpha value is -1.39. The van der Waals surface area contributed by atoms with Gasteiger partial charge in [0.25, 0.3) is 5.91 Å². The molecule has 0 fully saturated rings. The Morgan fingerprint density at radius 2 is 2.00 bits per heavy atom. The fourth-order valence-electron chi connectivity index (χ4n) is 1.90. The summed E-state index contributed by atoms with van der Waals surface area (Å²) in [6.07, 6.45) is 3.05. The van der Waals surface area contributed by atoms with Crippen LogP contribution in [0.5, 0.6) is 0 Å². The monoisotopic (exact) mass is 278 g/mol. The molecule has 0 saturated heterocycles. The molecule has 2 N–H and O–H groups in total. The van der Waals surface area contributed by atoms with Gasteiger partial charge in [-0.25, -0.2) is 0 Å². The lowest BCUT2D eigenvalue weighted by Gasteiger charge is -2.10. The second-order valence-electron chi connectivity index (χ2n) is 4.73. The maximum Gasteiger partial charge on any atom is 0.251 e. The van der Waals surface area contributed by atoms with Gasteiger partial charge in [0.2, 0.25) is 0 Å². The van der Waals surface area contributed by atoms with E-state index in [1.165, 1.54) is 0 Å². The largest absolute Gasteiger partial charge is 0.380 e. The van der Waals surface area contributed by atoms with Crippen molar-refractivity contribution in [1.29, 1.82) is 0 Å². The topological polar surface area (TPSA) is 50.4 Å². The first kappa shape index (κ1) is 16.7. The lowest BCUT2D eigenvalue weighted by Crippen LogP contribution is -2.28. The van der Waals surface area contributed by atoms with Gasteiger partial charge in [0.1, 0.15) is 0 Å². The van der Waals surface area contributed by atoms with E-state index < -0.39 is 0 Å². The summed E-state index contributed by atoms with van der Waals surface area (Å²) >= 11 is 0. The molecule has 0 atom stereocenters. The molecule has 1 rings (SSSR count). The Kier molecular flexibility index (Phi) is 8.67. The van der Waals surface area contributed by atoms with Gasteiger partial charge < -0.3 is 15.4 Å². The van der Waals surface area contributed by atoms with E-state index in [1.54, 1.807) is 0 Å². The Morgan fingerprint density at radius 1 is 1.20 bits per heavy atom. The summed E-state index contributed by atoms with van der Waals surface area (Å²) in [6.45, 7) is 4.90. The summed E-state index contributed by atoms with van der Waals surface area (Å²) < 4.78 is 5.43. The van der Waals surface area contributed by atoms with Crippen molar-refractivity contribution in [2.24, 2.45) is 0 Å². The number of likely N-dealkylation sites (N-methyl/N-ethyl adjacent to an activating group) is 1. The first-order valence-corrected chi connectivity index (χ1v) is 7.38. The van der Waals surface area contributed by atoms with Crippen molar-refractivity contribution in [3.05, 3.63) is 35.4 Å². The molecule has 0 aliphatic carbocycles. The molecule has 0 aliphatic rings. The number of rotatable bonds is 10. The van der Waals surface area contributed by atoms with Crippen LogP contribution in [0.2, 0.25) is 0 Å². The molecule has 0 bridgehead atoms. The van der Waals surface area contributed by atoms with Crippen LogP contribution < -0.4 is 10.6 Å². The molecular formula is C16H26N2O2. The highest BCUT2D eigenvalue weighted by Crippen LogP contribution is 2.09. The highest BCUT2D eigenvalue weighted by atomic mass is 16.5. The Labute approximate surface area is 121 Å². The molecule has 112 valence electrons. The van der Waals surface area contributed by atoms with Crippen molar-refractivity contribution in [1.82, 2.24) is 10.6 Å². The van der Waals surface area contributed by atoms with Crippen LogP contribution in [0.3, 0.4) is 0 Å². The molecule has 0 aliphatic heterocycles. The van der Waals surface area contributed by atoms with Gasteiger partial charge in [-0.05, 0) is 38.1 Å². The number of ether oxygens (including phenoxy) is 1. The first-order valence-electron chi connectivity index (χ1n) is 7.38. The lowest BCUT2D eigenvalue weighted by atomic mass is 10.0. The lowest BCUT2D eigenvalue weighted by molar-refractivity contribution is 0.0912. The van der Waals surface area contributed by atoms with Crippen molar-refractivity contribution >= 4 is 5.91 Å². The summed E-state index contributed by atoms with van der Waals surface area (Å²) in [6, 6.07) is 7.74. The zero-order valence-electron chi connectivity index (χ0n) is 12.6. The zero-order valence-corrected chi connectivity index (χ0v) is 12.6. The van der Waals surface area contributed by atoms with E-state index in [-0.39, 0.29) is 5.91 Å². The quantitative estimate of drug-likeness (QED) is 0.644. The predicted octanol–water partition coefficient (Wildman–Crippen LogP) is 2.00. The van der Waals surface area contributed by atoms with E-state index in [4.69, 9.17) is 4.74 Å². The third-order valence-electron chi connectivity index (χ3n) is 3.08. The van der Waals surface area contributed by atoms with Crippen LogP contribution in [0.15, 0.2) is 24.3 Å². The van der Waals surface area contributed by atoms with Crippen LogP contribution in [0.1, 0.15) is 35.7 Å². The Morgan fingerprint density at radius 3 is 2.75 bits per heavy atom. The van der Waals surface area contributed by atoms with E-state index in [2.05, 4.69) is 17.6 Å². The molecule has 4 nitrogen and oxygen atoms in total. The maximum absolute atomic E-state index is 12.1. The molecular weight excluding hydrogens is 252 g/mol. The third kappa shape index (κ3) is 6.17. The Balaban J connectivity index is 2.38. The second kappa shape index (κ2) is 10.4. The van der Waals surface area contributed by atoms with Crippen molar-refractivity contribution in [2.75, 3.05) is 33.4 Å². The van der Waals surface area contributed by atoms with Gasteiger partial charge in [-0.15, -0.1) is 0 Å². The summed E-state index contributed by atoms with van der Waals surface area (Å²) in [5, 5.41) is 6.01. The van der Waals surface area contributed by atoms with Gasteiger partial charge in [-0.3, -0.25) is 4.79 Å². The number of nitrogens with one attached hydrogen (secondary N) is 2. The van der Waals surface area contributed by atoms with Crippen molar-refractivity contribution in [3.8, 4) is 0 Å². The number of carbonyl (C=O) groups excluding carboxylic acids is 1. The molecule has 0 aromatic heterocycles. The summed E-state index contributed by atoms with van der Waals surface area (Å²) in [7, 11) is 1.91. The summed E-state index contributed by atoms with van der Waals surface area (Å²) in [4.78, 5) is 12.1. The minimum atomic E-state index is -0.0178. The van der Waals surface area contributed by atoms with Crippen molar-refractivity contribution in [2.45, 2.75) is 26.2 Å². The van der Waals surface area contributed by atoms with E-state index in [0.717, 1.165) is 43.5 Å². The van der Waals surface area contributed by atoms with Crippen molar-refractivity contribution < 1.29 is 9.53 Å². The molecule has 0 spiro atoms. The Bertz CT molecular complexity index is 394. The molecule has 1 amide bonds. The van der Waals surface area contributed by atoms with E-state index in [0.29, 0.717) is 13.2 Å². The molecule has 0 heterocycles. The minimum absolute atomic E-state index is 0.0178. The van der Waals surface area contributed by atoms with Gasteiger partial charge in [-0.1, -0.05) is 31.5 Å². The van der Waals surface area contributed by atoms with Gasteiger partial charge in [0.05, 0.1) is 6.61 Å². The predicted molar refractivity (Wildman–Crippen MR) is 82.1 cm³/mol. The number of unbranched alkanes of at least 4 members (excludes halogenated alkanes) is 1. The average Bonchev–Trinajstić information content (AvgIpc) is 2.48. The van der Waals surface area contributed by atoms with Crippen LogP contribution in [-0.4, -0.2) is 39.3 Å². The van der Waals surface area contributed by atoms with Crippen molar-refractivity contribution in [3.63, 3.8) is 0 Å². The van der Waals surface area contributed by atoms with E-state index in [1.807, 2.05) is 31.3 Å². The molecule has 0 saturated carbocycles. The zero-order chi connectivity index (χ0) is 14.6. The van der Waals surface area contributed by atoms with Crippen LogP contribution in [0.25, 0.3) is 0 Å². The van der Waals surface area contributed by atoms with Crippen LogP contribution >= 0.6 is 0 Å². The smallest absolute Gasteiger partial charge is 0.251 e. The van der Waals surface area contributed by atoms with E-state index in [9.17, 15) is 4.79 Å². The fourth-order valence-corrected chi connectivity index (χ4v) is 1.90. The number of amides is 1. The molecule has 20 heavy (non-hydrogen) atoms. The number of benzene rings is 1. The molecule has 4 heteroatoms. The van der Waals surface area contributed by atoms with Gasteiger partial charge >= 0.3 is 0 Å². The highest BCUT2D eigenvalue weighted by Gasteiger charge is 2.09. The van der Waals surface area contributed by atoms with Crippen LogP contribution in [0.4, 0.5) is 0 Å². The van der Waals surface area contributed by atoms with E-state index >= 15 is 0 Å². The van der Waals surface area contributed by atoms with Gasteiger partial charge in [0.15, 0.2) is 0 Å². The molecule has 1 aromatic rings. The summed E-state index contributed by atoms with van der Waals surface area (Å²) in [5.41, 5.74) is 1.84. The molecule has 0 unspecified atom stereocenters. The van der Waals surface area contributed by atoms with Gasteiger partial charge in [0, 0.05) is 18.7 Å². The van der Waals surface area contributed by atoms with Crippen LogP contribution in [-0.2, 0) is 11.2 Å². The second-order valence-corrected chi connectivity index (χ2v) is 4.73.